The van der Waals surface area contributed by atoms with Gasteiger partial charge in [0.15, 0.2) is 0 Å². The van der Waals surface area contributed by atoms with Crippen LogP contribution >= 0.6 is 8.25 Å². The second-order valence-corrected chi connectivity index (χ2v) is 2.71. The van der Waals surface area contributed by atoms with Gasteiger partial charge in [0.25, 0.3) is 0 Å². The Labute approximate surface area is 48.9 Å². The van der Waals surface area contributed by atoms with E-state index in [9.17, 15) is 4.57 Å². The molecule has 1 aliphatic heterocycles. The zero-order chi connectivity index (χ0) is 6.15. The fraction of sp³-hybridized carbons (Fsp3) is 1.00. The summed E-state index contributed by atoms with van der Waals surface area (Å²) < 4.78 is 19.9. The van der Waals surface area contributed by atoms with E-state index < -0.39 is 8.25 Å². The molecule has 46 valence electrons. The molecule has 1 rings (SSSR count). The van der Waals surface area contributed by atoms with E-state index in [0.717, 1.165) is 0 Å². The maximum atomic E-state index is 10.4. The van der Waals surface area contributed by atoms with Crippen LogP contribution in [0.1, 0.15) is 13.8 Å². The van der Waals surface area contributed by atoms with Gasteiger partial charge in [-0.1, -0.05) is 0 Å². The van der Waals surface area contributed by atoms with Gasteiger partial charge in [0.2, 0.25) is 0 Å². The molecule has 0 aromatic rings. The lowest BCUT2D eigenvalue weighted by Gasteiger charge is -1.93. The van der Waals surface area contributed by atoms with Crippen LogP contribution in [0.2, 0.25) is 0 Å². The normalized spacial score (nSPS) is 43.0. The van der Waals surface area contributed by atoms with Gasteiger partial charge in [0.05, 0.1) is 0 Å². The molecule has 1 heterocycles. The molecule has 1 aliphatic rings. The number of hydrogen-bond acceptors (Lipinski definition) is 3. The van der Waals surface area contributed by atoms with Crippen LogP contribution in [-0.4, -0.2) is 12.2 Å². The largest absolute Gasteiger partial charge is 0.698 e. The van der Waals surface area contributed by atoms with Crippen molar-refractivity contribution in [3.05, 3.63) is 0 Å². The van der Waals surface area contributed by atoms with Gasteiger partial charge in [-0.3, -0.25) is 0 Å². The summed E-state index contributed by atoms with van der Waals surface area (Å²) in [6.07, 6.45) is -0.0303. The molecular formula is C4H8O3P+. The van der Waals surface area contributed by atoms with E-state index in [1.807, 2.05) is 13.8 Å². The summed E-state index contributed by atoms with van der Waals surface area (Å²) in [7, 11) is -1.79. The van der Waals surface area contributed by atoms with Crippen molar-refractivity contribution in [2.24, 2.45) is 0 Å². The monoisotopic (exact) mass is 135 g/mol. The minimum atomic E-state index is -1.79. The van der Waals surface area contributed by atoms with Crippen LogP contribution in [0.25, 0.3) is 0 Å². The highest BCUT2D eigenvalue weighted by Crippen LogP contribution is 2.37. The summed E-state index contributed by atoms with van der Waals surface area (Å²) in [5.41, 5.74) is 0. The Hall–Kier alpha value is 0.0200. The molecule has 4 heteroatoms. The molecule has 0 radical (unpaired) electrons. The van der Waals surface area contributed by atoms with E-state index in [0.29, 0.717) is 0 Å². The van der Waals surface area contributed by atoms with Gasteiger partial charge in [-0.05, 0) is 13.8 Å². The van der Waals surface area contributed by atoms with Gasteiger partial charge in [0, 0.05) is 4.57 Å². The van der Waals surface area contributed by atoms with Crippen molar-refractivity contribution in [3.8, 4) is 0 Å². The van der Waals surface area contributed by atoms with E-state index in [1.165, 1.54) is 0 Å². The lowest BCUT2D eigenvalue weighted by Crippen LogP contribution is -2.13. The summed E-state index contributed by atoms with van der Waals surface area (Å²) in [4.78, 5) is 0. The molecule has 2 unspecified atom stereocenters. The van der Waals surface area contributed by atoms with Crippen LogP contribution in [0.15, 0.2) is 0 Å². The first-order valence-corrected chi connectivity index (χ1v) is 3.60. The van der Waals surface area contributed by atoms with E-state index in [2.05, 4.69) is 0 Å². The van der Waals surface area contributed by atoms with Gasteiger partial charge >= 0.3 is 8.25 Å². The Morgan fingerprint density at radius 2 is 1.62 bits per heavy atom. The molecule has 0 amide bonds. The predicted octanol–water partition coefficient (Wildman–Crippen LogP) is 1.47. The lowest BCUT2D eigenvalue weighted by atomic mass is 10.3. The fourth-order valence-corrected chi connectivity index (χ4v) is 1.40. The topological polar surface area (TPSA) is 35.5 Å². The first kappa shape index (κ1) is 6.14. The van der Waals surface area contributed by atoms with Crippen LogP contribution in [0.4, 0.5) is 0 Å². The minimum Gasteiger partial charge on any atom is -0.113 e. The van der Waals surface area contributed by atoms with E-state index in [-0.39, 0.29) is 12.2 Å². The van der Waals surface area contributed by atoms with Crippen molar-refractivity contribution in [2.45, 2.75) is 26.1 Å². The van der Waals surface area contributed by atoms with Gasteiger partial charge in [-0.15, -0.1) is 9.05 Å². The van der Waals surface area contributed by atoms with Crippen molar-refractivity contribution in [1.29, 1.82) is 0 Å². The number of hydrogen-bond donors (Lipinski definition) is 0. The summed E-state index contributed by atoms with van der Waals surface area (Å²) in [5, 5.41) is 0. The second kappa shape index (κ2) is 2.09. The average molecular weight is 135 g/mol. The van der Waals surface area contributed by atoms with Crippen LogP contribution in [0, 0.1) is 0 Å². The van der Waals surface area contributed by atoms with Gasteiger partial charge in [-0.25, -0.2) is 0 Å². The summed E-state index contributed by atoms with van der Waals surface area (Å²) in [5.74, 6) is 0. The smallest absolute Gasteiger partial charge is 0.113 e. The maximum Gasteiger partial charge on any atom is 0.698 e. The molecule has 0 aromatic heterocycles. The minimum absolute atomic E-state index is 0.0152. The molecule has 0 bridgehead atoms. The van der Waals surface area contributed by atoms with E-state index in [1.54, 1.807) is 0 Å². The molecule has 1 saturated heterocycles. The molecular weight excluding hydrogens is 127 g/mol. The fourth-order valence-electron chi connectivity index (χ4n) is 0.468. The molecule has 0 spiro atoms. The first-order chi connectivity index (χ1) is 3.70. The second-order valence-electron chi connectivity index (χ2n) is 1.84. The molecule has 1 fully saturated rings. The quantitative estimate of drug-likeness (QED) is 0.472. The Bertz CT molecular complexity index is 102. The molecule has 0 N–H and O–H groups in total. The third-order valence-electron chi connectivity index (χ3n) is 1.17. The van der Waals surface area contributed by atoms with Crippen molar-refractivity contribution in [3.63, 3.8) is 0 Å². The highest BCUT2D eigenvalue weighted by molar-refractivity contribution is 7.33. The molecule has 3 nitrogen and oxygen atoms in total. The SMILES string of the molecule is CC1O[P+](=O)OC1C. The van der Waals surface area contributed by atoms with Gasteiger partial charge in [-0.2, -0.15) is 0 Å². The summed E-state index contributed by atoms with van der Waals surface area (Å²) >= 11 is 0. The van der Waals surface area contributed by atoms with E-state index >= 15 is 0 Å². The van der Waals surface area contributed by atoms with Gasteiger partial charge in [0.1, 0.15) is 12.2 Å². The average Bonchev–Trinajstić information content (AvgIpc) is 1.85. The predicted molar refractivity (Wildman–Crippen MR) is 28.7 cm³/mol. The Morgan fingerprint density at radius 1 is 1.25 bits per heavy atom. The molecule has 0 aromatic carbocycles. The van der Waals surface area contributed by atoms with Gasteiger partial charge < -0.3 is 0 Å². The Morgan fingerprint density at radius 3 is 1.75 bits per heavy atom. The highest BCUT2D eigenvalue weighted by atomic mass is 31.1. The molecule has 8 heavy (non-hydrogen) atoms. The molecule has 0 saturated carbocycles. The van der Waals surface area contributed by atoms with Crippen molar-refractivity contribution in [2.75, 3.05) is 0 Å². The zero-order valence-corrected chi connectivity index (χ0v) is 5.72. The molecule has 0 aliphatic carbocycles. The maximum absolute atomic E-state index is 10.4. The number of rotatable bonds is 0. The standard InChI is InChI=1S/C4H8O3P/c1-3-4(2)7-8(5)6-3/h3-4H,1-2H3/q+1. The van der Waals surface area contributed by atoms with Crippen molar-refractivity contribution in [1.82, 2.24) is 0 Å². The lowest BCUT2D eigenvalue weighted by molar-refractivity contribution is 0.187. The van der Waals surface area contributed by atoms with Crippen LogP contribution in [0.5, 0.6) is 0 Å². The molecule has 2 atom stereocenters. The first-order valence-electron chi connectivity index (χ1n) is 2.51. The zero-order valence-electron chi connectivity index (χ0n) is 4.83. The van der Waals surface area contributed by atoms with Crippen molar-refractivity contribution < 1.29 is 13.6 Å². The Kier molecular flexibility index (Phi) is 1.61. The van der Waals surface area contributed by atoms with E-state index in [4.69, 9.17) is 9.05 Å². The van der Waals surface area contributed by atoms with Crippen LogP contribution in [0.3, 0.4) is 0 Å². The Balaban J connectivity index is 2.51. The summed E-state index contributed by atoms with van der Waals surface area (Å²) in [6.45, 7) is 3.68. The third kappa shape index (κ3) is 1.05. The van der Waals surface area contributed by atoms with Crippen LogP contribution in [-0.2, 0) is 13.6 Å². The highest BCUT2D eigenvalue weighted by Gasteiger charge is 2.41. The van der Waals surface area contributed by atoms with Crippen LogP contribution < -0.4 is 0 Å². The third-order valence-corrected chi connectivity index (χ3v) is 2.18. The van der Waals surface area contributed by atoms with Crippen molar-refractivity contribution >= 4 is 8.25 Å². The summed E-state index contributed by atoms with van der Waals surface area (Å²) in [6, 6.07) is 0.